The fraction of sp³-hybridized carbons (Fsp3) is 0.235. The van der Waals surface area contributed by atoms with Crippen LogP contribution in [0.25, 0.3) is 0 Å². The van der Waals surface area contributed by atoms with Gasteiger partial charge in [0.15, 0.2) is 11.5 Å². The Labute approximate surface area is 156 Å². The van der Waals surface area contributed by atoms with Crippen LogP contribution in [0.2, 0.25) is 0 Å². The van der Waals surface area contributed by atoms with E-state index in [1.807, 2.05) is 13.8 Å². The van der Waals surface area contributed by atoms with Crippen LogP contribution in [0.5, 0.6) is 11.5 Å². The normalized spacial score (nSPS) is 11.5. The number of hydrazone groups is 1. The maximum atomic E-state index is 12.1. The molecule has 0 aliphatic carbocycles. The third kappa shape index (κ3) is 5.20. The smallest absolute Gasteiger partial charge is 0.276 e. The van der Waals surface area contributed by atoms with E-state index in [4.69, 9.17) is 9.47 Å². The average Bonchev–Trinajstić information content (AvgIpc) is 2.59. The molecule has 0 unspecified atom stereocenters. The molecule has 0 saturated heterocycles. The summed E-state index contributed by atoms with van der Waals surface area (Å²) < 4.78 is 36.1. The zero-order valence-corrected chi connectivity index (χ0v) is 16.3. The molecule has 8 heteroatoms. The van der Waals surface area contributed by atoms with E-state index in [-0.39, 0.29) is 4.90 Å². The number of sulfonamides is 1. The van der Waals surface area contributed by atoms with E-state index in [0.717, 1.165) is 0 Å². The van der Waals surface area contributed by atoms with E-state index in [1.54, 1.807) is 30.3 Å². The van der Waals surface area contributed by atoms with Gasteiger partial charge in [0.1, 0.15) is 0 Å². The van der Waals surface area contributed by atoms with Gasteiger partial charge in [0.25, 0.3) is 10.0 Å². The van der Waals surface area contributed by atoms with E-state index in [9.17, 15) is 8.42 Å². The van der Waals surface area contributed by atoms with Crippen molar-refractivity contribution in [3.05, 3.63) is 52.5 Å². The molecule has 0 amide bonds. The monoisotopic (exact) mass is 426 g/mol. The van der Waals surface area contributed by atoms with E-state index in [0.29, 0.717) is 34.7 Å². The number of hydrogen-bond donors (Lipinski definition) is 1. The van der Waals surface area contributed by atoms with Crippen LogP contribution in [0.4, 0.5) is 0 Å². The standard InChI is InChI=1S/C17H19BrN2O4S/c1-3-23-16-11-13(10-15(18)17(16)24-4-2)12-19-20-25(21,22)14-8-6-5-7-9-14/h5-12,20H,3-4H2,1-2H3/b19-12+. The quantitative estimate of drug-likeness (QED) is 0.516. The van der Waals surface area contributed by atoms with Crippen molar-refractivity contribution in [2.24, 2.45) is 5.10 Å². The van der Waals surface area contributed by atoms with Crippen molar-refractivity contribution < 1.29 is 17.9 Å². The molecule has 0 atom stereocenters. The van der Waals surface area contributed by atoms with Gasteiger partial charge in [0.05, 0.1) is 28.8 Å². The zero-order chi connectivity index (χ0) is 18.3. The summed E-state index contributed by atoms with van der Waals surface area (Å²) in [5.41, 5.74) is 0.662. The second kappa shape index (κ2) is 8.87. The van der Waals surface area contributed by atoms with Gasteiger partial charge >= 0.3 is 0 Å². The molecule has 0 fully saturated rings. The molecule has 134 valence electrons. The first-order valence-electron chi connectivity index (χ1n) is 7.67. The lowest BCUT2D eigenvalue weighted by molar-refractivity contribution is 0.286. The fourth-order valence-corrected chi connectivity index (χ4v) is 3.42. The summed E-state index contributed by atoms with van der Waals surface area (Å²) in [7, 11) is -3.69. The van der Waals surface area contributed by atoms with Crippen LogP contribution < -0.4 is 14.3 Å². The molecule has 0 aliphatic heterocycles. The number of nitrogens with one attached hydrogen (secondary N) is 1. The van der Waals surface area contributed by atoms with E-state index >= 15 is 0 Å². The van der Waals surface area contributed by atoms with Crippen molar-refractivity contribution >= 4 is 32.2 Å². The van der Waals surface area contributed by atoms with Crippen LogP contribution in [0.1, 0.15) is 19.4 Å². The highest BCUT2D eigenvalue weighted by Crippen LogP contribution is 2.36. The molecule has 1 N–H and O–H groups in total. The van der Waals surface area contributed by atoms with Gasteiger partial charge in [-0.25, -0.2) is 4.83 Å². The average molecular weight is 427 g/mol. The summed E-state index contributed by atoms with van der Waals surface area (Å²) in [6.07, 6.45) is 1.41. The molecule has 0 heterocycles. The molecular formula is C17H19BrN2O4S. The highest BCUT2D eigenvalue weighted by molar-refractivity contribution is 9.10. The zero-order valence-electron chi connectivity index (χ0n) is 13.9. The van der Waals surface area contributed by atoms with Gasteiger partial charge < -0.3 is 9.47 Å². The van der Waals surface area contributed by atoms with E-state index in [1.165, 1.54) is 18.3 Å². The first-order valence-corrected chi connectivity index (χ1v) is 9.94. The predicted molar refractivity (Wildman–Crippen MR) is 101 cm³/mol. The van der Waals surface area contributed by atoms with Crippen LogP contribution in [0.15, 0.2) is 56.9 Å². The summed E-state index contributed by atoms with van der Waals surface area (Å²) in [6.45, 7) is 4.74. The Hall–Kier alpha value is -2.06. The van der Waals surface area contributed by atoms with Crippen molar-refractivity contribution in [1.82, 2.24) is 4.83 Å². The minimum absolute atomic E-state index is 0.148. The number of benzene rings is 2. The van der Waals surface area contributed by atoms with Gasteiger partial charge in [-0.2, -0.15) is 13.5 Å². The van der Waals surface area contributed by atoms with Gasteiger partial charge in [0, 0.05) is 0 Å². The minimum atomic E-state index is -3.69. The number of hydrogen-bond acceptors (Lipinski definition) is 5. The lowest BCUT2D eigenvalue weighted by Gasteiger charge is -2.13. The lowest BCUT2D eigenvalue weighted by Crippen LogP contribution is -2.18. The molecule has 2 rings (SSSR count). The molecule has 6 nitrogen and oxygen atoms in total. The Bertz CT molecular complexity index is 839. The summed E-state index contributed by atoms with van der Waals surface area (Å²) >= 11 is 3.43. The summed E-state index contributed by atoms with van der Waals surface area (Å²) in [5, 5.41) is 3.83. The van der Waals surface area contributed by atoms with Gasteiger partial charge in [-0.15, -0.1) is 0 Å². The third-order valence-electron chi connectivity index (χ3n) is 3.06. The van der Waals surface area contributed by atoms with Gasteiger partial charge in [-0.05, 0) is 59.6 Å². The molecule has 25 heavy (non-hydrogen) atoms. The van der Waals surface area contributed by atoms with Crippen LogP contribution >= 0.6 is 15.9 Å². The van der Waals surface area contributed by atoms with Gasteiger partial charge in [0.2, 0.25) is 0 Å². The predicted octanol–water partition coefficient (Wildman–Crippen LogP) is 3.56. The van der Waals surface area contributed by atoms with Crippen LogP contribution in [-0.4, -0.2) is 27.8 Å². The Morgan fingerprint density at radius 1 is 1.12 bits per heavy atom. The van der Waals surface area contributed by atoms with E-state index < -0.39 is 10.0 Å². The molecule has 0 radical (unpaired) electrons. The second-order valence-electron chi connectivity index (χ2n) is 4.86. The molecule has 2 aromatic carbocycles. The summed E-state index contributed by atoms with van der Waals surface area (Å²) in [5.74, 6) is 1.16. The highest BCUT2D eigenvalue weighted by atomic mass is 79.9. The number of rotatable bonds is 8. The first-order chi connectivity index (χ1) is 12.0. The fourth-order valence-electron chi connectivity index (χ4n) is 2.03. The number of halogens is 1. The molecule has 0 aromatic heterocycles. The van der Waals surface area contributed by atoms with Crippen molar-refractivity contribution in [2.45, 2.75) is 18.7 Å². The largest absolute Gasteiger partial charge is 0.490 e. The molecule has 2 aromatic rings. The van der Waals surface area contributed by atoms with Crippen molar-refractivity contribution in [1.29, 1.82) is 0 Å². The second-order valence-corrected chi connectivity index (χ2v) is 7.38. The Balaban J connectivity index is 2.21. The topological polar surface area (TPSA) is 77.0 Å². The Morgan fingerprint density at radius 2 is 1.80 bits per heavy atom. The molecule has 0 bridgehead atoms. The van der Waals surface area contributed by atoms with Crippen LogP contribution in [0, 0.1) is 0 Å². The summed E-state index contributed by atoms with van der Waals surface area (Å²) in [4.78, 5) is 2.34. The number of nitrogens with zero attached hydrogens (tertiary/aromatic N) is 1. The van der Waals surface area contributed by atoms with Gasteiger partial charge in [-0.1, -0.05) is 18.2 Å². The number of ether oxygens (including phenoxy) is 2. The maximum Gasteiger partial charge on any atom is 0.276 e. The van der Waals surface area contributed by atoms with Gasteiger partial charge in [-0.3, -0.25) is 0 Å². The molecule has 0 aliphatic rings. The minimum Gasteiger partial charge on any atom is -0.490 e. The van der Waals surface area contributed by atoms with E-state index in [2.05, 4.69) is 25.9 Å². The Morgan fingerprint density at radius 3 is 2.44 bits per heavy atom. The van der Waals surface area contributed by atoms with Crippen molar-refractivity contribution in [2.75, 3.05) is 13.2 Å². The first kappa shape index (κ1) is 19.3. The molecular weight excluding hydrogens is 408 g/mol. The van der Waals surface area contributed by atoms with Crippen LogP contribution in [-0.2, 0) is 10.0 Å². The lowest BCUT2D eigenvalue weighted by atomic mass is 10.2. The summed E-state index contributed by atoms with van der Waals surface area (Å²) in [6, 6.07) is 11.5. The highest BCUT2D eigenvalue weighted by Gasteiger charge is 2.13. The third-order valence-corrected chi connectivity index (χ3v) is 4.89. The molecule has 0 saturated carbocycles. The van der Waals surface area contributed by atoms with Crippen molar-refractivity contribution in [3.63, 3.8) is 0 Å². The Kier molecular flexibility index (Phi) is 6.83. The van der Waals surface area contributed by atoms with Crippen molar-refractivity contribution in [3.8, 4) is 11.5 Å². The SMILES string of the molecule is CCOc1cc(/C=N/NS(=O)(=O)c2ccccc2)cc(Br)c1OCC. The molecule has 0 spiro atoms. The maximum absolute atomic E-state index is 12.1. The van der Waals surface area contributed by atoms with Crippen LogP contribution in [0.3, 0.4) is 0 Å².